The predicted molar refractivity (Wildman–Crippen MR) is 101 cm³/mol. The number of nitrogens with two attached hydrogens (primary N) is 1. The second kappa shape index (κ2) is 6.74. The van der Waals surface area contributed by atoms with Gasteiger partial charge < -0.3 is 10.5 Å². The lowest BCUT2D eigenvalue weighted by atomic mass is 10.1. The number of fused-ring (bicyclic) bond motifs is 1. The first-order valence-electron chi connectivity index (χ1n) is 8.17. The highest BCUT2D eigenvalue weighted by Crippen LogP contribution is 2.27. The number of rotatable bonds is 6. The van der Waals surface area contributed by atoms with Gasteiger partial charge in [-0.25, -0.2) is 9.97 Å². The van der Waals surface area contributed by atoms with Gasteiger partial charge >= 0.3 is 0 Å². The van der Waals surface area contributed by atoms with Gasteiger partial charge in [-0.15, -0.1) is 0 Å². The first-order valence-corrected chi connectivity index (χ1v) is 11.9. The van der Waals surface area contributed by atoms with Gasteiger partial charge in [0, 0.05) is 32.1 Å². The van der Waals surface area contributed by atoms with Crippen molar-refractivity contribution in [2.24, 2.45) is 0 Å². The van der Waals surface area contributed by atoms with Gasteiger partial charge in [0.15, 0.2) is 5.65 Å². The highest BCUT2D eigenvalue weighted by molar-refractivity contribution is 6.76. The lowest BCUT2D eigenvalue weighted by Crippen LogP contribution is -2.22. The lowest BCUT2D eigenvalue weighted by Gasteiger charge is -2.15. The summed E-state index contributed by atoms with van der Waals surface area (Å²) in [7, 11) is -1.07. The van der Waals surface area contributed by atoms with Crippen LogP contribution in [0, 0.1) is 0 Å². The summed E-state index contributed by atoms with van der Waals surface area (Å²) < 4.78 is 7.78. The highest BCUT2D eigenvalue weighted by atomic mass is 28.3. The second-order valence-corrected chi connectivity index (χ2v) is 12.8. The van der Waals surface area contributed by atoms with Crippen LogP contribution in [-0.2, 0) is 11.5 Å². The fourth-order valence-corrected chi connectivity index (χ4v) is 3.25. The molecule has 0 spiro atoms. The SMILES string of the molecule is C[Si](C)(C)CCOCn1cnc2c(-c3ccc(N)cc3)ccnc21. The number of benzene rings is 1. The van der Waals surface area contributed by atoms with Crippen molar-refractivity contribution in [3.63, 3.8) is 0 Å². The number of nitrogen functional groups attached to an aromatic ring is 1. The molecule has 0 radical (unpaired) electrons. The number of anilines is 1. The Morgan fingerprint density at radius 3 is 2.54 bits per heavy atom. The van der Waals surface area contributed by atoms with E-state index in [1.54, 1.807) is 6.33 Å². The molecule has 1 aromatic carbocycles. The molecule has 0 aliphatic rings. The van der Waals surface area contributed by atoms with E-state index in [1.165, 1.54) is 0 Å². The standard InChI is InChI=1S/C18H24N4OSi/c1-24(2,3)11-10-23-13-22-12-21-17-16(8-9-20-18(17)22)14-4-6-15(19)7-5-14/h4-9,12H,10-11,13,19H2,1-3H3. The number of aromatic nitrogens is 3. The molecule has 2 heterocycles. The molecule has 5 nitrogen and oxygen atoms in total. The third-order valence-electron chi connectivity index (χ3n) is 3.95. The Morgan fingerprint density at radius 1 is 1.08 bits per heavy atom. The molecular weight excluding hydrogens is 316 g/mol. The van der Waals surface area contributed by atoms with Crippen molar-refractivity contribution in [3.8, 4) is 11.1 Å². The maximum atomic E-state index is 5.82. The smallest absolute Gasteiger partial charge is 0.162 e. The van der Waals surface area contributed by atoms with Crippen LogP contribution in [0.25, 0.3) is 22.3 Å². The van der Waals surface area contributed by atoms with Crippen LogP contribution in [0.15, 0.2) is 42.9 Å². The van der Waals surface area contributed by atoms with Crippen LogP contribution in [0.1, 0.15) is 0 Å². The Hall–Kier alpha value is -2.18. The molecular formula is C18H24N4OSi. The normalized spacial score (nSPS) is 12.0. The molecule has 6 heteroatoms. The Kier molecular flexibility index (Phi) is 4.68. The van der Waals surface area contributed by atoms with Gasteiger partial charge in [-0.1, -0.05) is 31.8 Å². The Morgan fingerprint density at radius 2 is 1.83 bits per heavy atom. The number of hydrogen-bond donors (Lipinski definition) is 1. The molecule has 2 aromatic heterocycles. The molecule has 0 aliphatic carbocycles. The summed E-state index contributed by atoms with van der Waals surface area (Å²) in [6.07, 6.45) is 3.61. The Labute approximate surface area is 143 Å². The molecule has 3 rings (SSSR count). The molecule has 0 unspecified atom stereocenters. The van der Waals surface area contributed by atoms with E-state index in [2.05, 4.69) is 29.6 Å². The number of pyridine rings is 1. The summed E-state index contributed by atoms with van der Waals surface area (Å²) in [5.74, 6) is 0. The number of imidazole rings is 1. The van der Waals surface area contributed by atoms with Gasteiger partial charge in [-0.05, 0) is 29.8 Å². The van der Waals surface area contributed by atoms with Crippen LogP contribution in [0.4, 0.5) is 5.69 Å². The zero-order chi connectivity index (χ0) is 17.2. The molecule has 2 N–H and O–H groups in total. The molecule has 0 bridgehead atoms. The maximum absolute atomic E-state index is 5.82. The Balaban J connectivity index is 1.80. The summed E-state index contributed by atoms with van der Waals surface area (Å²) in [5.41, 5.74) is 10.4. The molecule has 0 fully saturated rings. The van der Waals surface area contributed by atoms with Crippen molar-refractivity contribution < 1.29 is 4.74 Å². The lowest BCUT2D eigenvalue weighted by molar-refractivity contribution is 0.0895. The minimum atomic E-state index is -1.07. The van der Waals surface area contributed by atoms with E-state index in [1.807, 2.05) is 41.1 Å². The molecule has 0 saturated carbocycles. The molecule has 24 heavy (non-hydrogen) atoms. The molecule has 0 aliphatic heterocycles. The number of hydrogen-bond acceptors (Lipinski definition) is 4. The van der Waals surface area contributed by atoms with Crippen LogP contribution >= 0.6 is 0 Å². The van der Waals surface area contributed by atoms with E-state index in [0.717, 1.165) is 40.6 Å². The van der Waals surface area contributed by atoms with Crippen molar-refractivity contribution in [2.75, 3.05) is 12.3 Å². The molecule has 0 amide bonds. The van der Waals surface area contributed by atoms with Gasteiger partial charge in [-0.3, -0.25) is 4.57 Å². The van der Waals surface area contributed by atoms with Crippen LogP contribution < -0.4 is 5.73 Å². The summed E-state index contributed by atoms with van der Waals surface area (Å²) >= 11 is 0. The van der Waals surface area contributed by atoms with Crippen LogP contribution in [-0.4, -0.2) is 29.2 Å². The Bertz CT molecular complexity index is 821. The fraction of sp³-hybridized carbons (Fsp3) is 0.333. The molecule has 0 saturated heterocycles. The van der Waals surface area contributed by atoms with Crippen LogP contribution in [0.3, 0.4) is 0 Å². The zero-order valence-corrected chi connectivity index (χ0v) is 15.5. The predicted octanol–water partition coefficient (Wildman–Crippen LogP) is 3.99. The number of ether oxygens (including phenoxy) is 1. The minimum absolute atomic E-state index is 0.485. The quantitative estimate of drug-likeness (QED) is 0.418. The maximum Gasteiger partial charge on any atom is 0.162 e. The van der Waals surface area contributed by atoms with Crippen molar-refractivity contribution in [1.82, 2.24) is 14.5 Å². The van der Waals surface area contributed by atoms with E-state index >= 15 is 0 Å². The average Bonchev–Trinajstić information content (AvgIpc) is 2.95. The second-order valence-electron chi connectivity index (χ2n) is 7.22. The third kappa shape index (κ3) is 3.83. The van der Waals surface area contributed by atoms with E-state index in [4.69, 9.17) is 10.5 Å². The van der Waals surface area contributed by atoms with Crippen LogP contribution in [0.2, 0.25) is 25.7 Å². The summed E-state index contributed by atoms with van der Waals surface area (Å²) in [5, 5.41) is 0. The monoisotopic (exact) mass is 340 g/mol. The summed E-state index contributed by atoms with van der Waals surface area (Å²) in [6.45, 7) is 8.32. The van der Waals surface area contributed by atoms with Crippen molar-refractivity contribution in [1.29, 1.82) is 0 Å². The molecule has 3 aromatic rings. The van der Waals surface area contributed by atoms with Crippen molar-refractivity contribution in [3.05, 3.63) is 42.9 Å². The van der Waals surface area contributed by atoms with Gasteiger partial charge in [0.2, 0.25) is 0 Å². The van der Waals surface area contributed by atoms with Gasteiger partial charge in [0.25, 0.3) is 0 Å². The van der Waals surface area contributed by atoms with Crippen LogP contribution in [0.5, 0.6) is 0 Å². The van der Waals surface area contributed by atoms with Crippen molar-refractivity contribution in [2.45, 2.75) is 32.4 Å². The first kappa shape index (κ1) is 16.7. The van der Waals surface area contributed by atoms with E-state index in [9.17, 15) is 0 Å². The number of nitrogens with zero attached hydrogens (tertiary/aromatic N) is 3. The third-order valence-corrected chi connectivity index (χ3v) is 5.66. The summed E-state index contributed by atoms with van der Waals surface area (Å²) in [6, 6.07) is 11.0. The fourth-order valence-electron chi connectivity index (χ4n) is 2.49. The van der Waals surface area contributed by atoms with Crippen molar-refractivity contribution >= 4 is 24.9 Å². The zero-order valence-electron chi connectivity index (χ0n) is 14.5. The van der Waals surface area contributed by atoms with E-state index in [-0.39, 0.29) is 0 Å². The summed E-state index contributed by atoms with van der Waals surface area (Å²) in [4.78, 5) is 9.02. The molecule has 0 atom stereocenters. The topological polar surface area (TPSA) is 66.0 Å². The van der Waals surface area contributed by atoms with E-state index < -0.39 is 8.07 Å². The minimum Gasteiger partial charge on any atom is -0.399 e. The van der Waals surface area contributed by atoms with E-state index in [0.29, 0.717) is 6.73 Å². The van der Waals surface area contributed by atoms with Gasteiger partial charge in [0.05, 0.1) is 6.33 Å². The first-order chi connectivity index (χ1) is 11.4. The molecule has 126 valence electrons. The van der Waals surface area contributed by atoms with Gasteiger partial charge in [-0.2, -0.15) is 0 Å². The highest BCUT2D eigenvalue weighted by Gasteiger charge is 2.13. The average molecular weight is 341 g/mol. The largest absolute Gasteiger partial charge is 0.399 e. The van der Waals surface area contributed by atoms with Gasteiger partial charge in [0.1, 0.15) is 12.2 Å².